The van der Waals surface area contributed by atoms with Gasteiger partial charge in [-0.25, -0.2) is 13.4 Å². The zero-order chi connectivity index (χ0) is 14.8. The predicted octanol–water partition coefficient (Wildman–Crippen LogP) is 2.07. The molecule has 2 aromatic rings. The molecule has 1 aromatic carbocycles. The fourth-order valence-corrected chi connectivity index (χ4v) is 2.75. The van der Waals surface area contributed by atoms with Crippen molar-refractivity contribution in [1.29, 1.82) is 0 Å². The molecule has 1 heterocycles. The van der Waals surface area contributed by atoms with Gasteiger partial charge in [0.05, 0.1) is 27.6 Å². The van der Waals surface area contributed by atoms with Crippen molar-refractivity contribution >= 4 is 32.5 Å². The third kappa shape index (κ3) is 3.31. The van der Waals surface area contributed by atoms with Crippen LogP contribution in [-0.4, -0.2) is 24.6 Å². The Kier molecular flexibility index (Phi) is 4.00. The smallest absolute Gasteiger partial charge is 0.293 e. The van der Waals surface area contributed by atoms with E-state index >= 15 is 0 Å². The van der Waals surface area contributed by atoms with Gasteiger partial charge in [0.15, 0.2) is 9.84 Å². The molecule has 106 valence electrons. The molecule has 0 bridgehead atoms. The van der Waals surface area contributed by atoms with Gasteiger partial charge in [0.25, 0.3) is 5.69 Å². The van der Waals surface area contributed by atoms with Crippen LogP contribution in [-0.2, 0) is 16.4 Å². The second-order valence-electron chi connectivity index (χ2n) is 4.04. The average Bonchev–Trinajstić information content (AvgIpc) is 2.88. The molecule has 0 fully saturated rings. The van der Waals surface area contributed by atoms with E-state index in [1.54, 1.807) is 5.51 Å². The molecule has 0 amide bonds. The molecule has 0 aliphatic carbocycles. The Bertz CT molecular complexity index is 726. The summed E-state index contributed by atoms with van der Waals surface area (Å²) in [7, 11) is -3.48. The summed E-state index contributed by atoms with van der Waals surface area (Å²) in [6.07, 6.45) is 1.01. The Morgan fingerprint density at radius 2 is 2.20 bits per heavy atom. The molecule has 0 aliphatic heterocycles. The normalized spacial score (nSPS) is 11.2. The summed E-state index contributed by atoms with van der Waals surface area (Å²) in [5.74, 6) is 0. The Morgan fingerprint density at radius 1 is 1.45 bits per heavy atom. The first kappa shape index (κ1) is 14.4. The third-order valence-electron chi connectivity index (χ3n) is 2.54. The zero-order valence-corrected chi connectivity index (χ0v) is 12.1. The Labute approximate surface area is 119 Å². The van der Waals surface area contributed by atoms with E-state index in [2.05, 4.69) is 10.3 Å². The summed E-state index contributed by atoms with van der Waals surface area (Å²) in [6.45, 7) is 0.336. The summed E-state index contributed by atoms with van der Waals surface area (Å²) in [5, 5.41) is 15.7. The van der Waals surface area contributed by atoms with E-state index in [0.717, 1.165) is 18.0 Å². The number of hydrogen-bond donors (Lipinski definition) is 1. The van der Waals surface area contributed by atoms with Gasteiger partial charge in [0, 0.05) is 17.7 Å². The molecule has 1 aromatic heterocycles. The maximum absolute atomic E-state index is 11.4. The molecule has 7 nitrogen and oxygen atoms in total. The summed E-state index contributed by atoms with van der Waals surface area (Å²) in [4.78, 5) is 14.4. The summed E-state index contributed by atoms with van der Waals surface area (Å²) >= 11 is 1.43. The van der Waals surface area contributed by atoms with E-state index in [-0.39, 0.29) is 16.3 Å². The summed E-state index contributed by atoms with van der Waals surface area (Å²) in [5.41, 5.74) is 2.41. The first-order chi connectivity index (χ1) is 9.38. The van der Waals surface area contributed by atoms with Crippen molar-refractivity contribution in [3.8, 4) is 0 Å². The topological polar surface area (TPSA) is 102 Å². The van der Waals surface area contributed by atoms with Gasteiger partial charge in [-0.3, -0.25) is 10.1 Å². The van der Waals surface area contributed by atoms with Gasteiger partial charge in [0.2, 0.25) is 0 Å². The van der Waals surface area contributed by atoms with Crippen LogP contribution in [0.25, 0.3) is 0 Å². The number of sulfone groups is 1. The molecule has 1 N–H and O–H groups in total. The maximum Gasteiger partial charge on any atom is 0.293 e. The van der Waals surface area contributed by atoms with Crippen molar-refractivity contribution in [2.75, 3.05) is 11.6 Å². The van der Waals surface area contributed by atoms with Crippen LogP contribution in [0.5, 0.6) is 0 Å². The molecule has 0 saturated heterocycles. The van der Waals surface area contributed by atoms with E-state index in [9.17, 15) is 18.5 Å². The molecule has 20 heavy (non-hydrogen) atoms. The van der Waals surface area contributed by atoms with Crippen molar-refractivity contribution in [1.82, 2.24) is 4.98 Å². The highest BCUT2D eigenvalue weighted by Crippen LogP contribution is 2.27. The van der Waals surface area contributed by atoms with E-state index in [4.69, 9.17) is 0 Å². The molecule has 0 spiro atoms. The number of nitrogens with zero attached hydrogens (tertiary/aromatic N) is 2. The van der Waals surface area contributed by atoms with Gasteiger partial charge in [-0.05, 0) is 12.1 Å². The second-order valence-corrected chi connectivity index (χ2v) is 6.78. The first-order valence-corrected chi connectivity index (χ1v) is 8.31. The first-order valence-electron chi connectivity index (χ1n) is 5.47. The highest BCUT2D eigenvalue weighted by molar-refractivity contribution is 7.90. The molecule has 0 aliphatic rings. The van der Waals surface area contributed by atoms with Crippen LogP contribution in [0.4, 0.5) is 11.4 Å². The van der Waals surface area contributed by atoms with Crippen LogP contribution in [0.3, 0.4) is 0 Å². The quantitative estimate of drug-likeness (QED) is 0.669. The van der Waals surface area contributed by atoms with Crippen LogP contribution >= 0.6 is 11.3 Å². The number of thiazole rings is 1. The maximum atomic E-state index is 11.4. The monoisotopic (exact) mass is 313 g/mol. The summed E-state index contributed by atoms with van der Waals surface area (Å²) < 4.78 is 22.8. The Balaban J connectivity index is 2.31. The van der Waals surface area contributed by atoms with E-state index in [0.29, 0.717) is 6.54 Å². The molecule has 2 rings (SSSR count). The van der Waals surface area contributed by atoms with Crippen LogP contribution in [0.1, 0.15) is 5.69 Å². The standard InChI is InChI=1S/C11H11N3O4S2/c1-20(17,18)9-2-3-10(11(4-9)14(15)16)12-5-8-6-19-7-13-8/h2-4,6-7,12H,5H2,1H3. The molecule has 0 atom stereocenters. The van der Waals surface area contributed by atoms with E-state index in [1.807, 2.05) is 5.38 Å². The molecule has 0 unspecified atom stereocenters. The number of hydrogen-bond acceptors (Lipinski definition) is 7. The number of rotatable bonds is 5. The third-order valence-corrected chi connectivity index (χ3v) is 4.28. The lowest BCUT2D eigenvalue weighted by Crippen LogP contribution is -2.05. The molecule has 9 heteroatoms. The highest BCUT2D eigenvalue weighted by Gasteiger charge is 2.18. The van der Waals surface area contributed by atoms with Crippen molar-refractivity contribution in [3.63, 3.8) is 0 Å². The SMILES string of the molecule is CS(=O)(=O)c1ccc(NCc2cscn2)c([N+](=O)[O-])c1. The minimum Gasteiger partial charge on any atom is -0.374 e. The van der Waals surface area contributed by atoms with E-state index < -0.39 is 14.8 Å². The fourth-order valence-electron chi connectivity index (χ4n) is 1.55. The Hall–Kier alpha value is -2.00. The molecule has 0 radical (unpaired) electrons. The lowest BCUT2D eigenvalue weighted by Gasteiger charge is -2.07. The molecule has 0 saturated carbocycles. The number of aromatic nitrogens is 1. The zero-order valence-electron chi connectivity index (χ0n) is 10.4. The average molecular weight is 313 g/mol. The van der Waals surface area contributed by atoms with E-state index in [1.165, 1.54) is 23.5 Å². The van der Waals surface area contributed by atoms with Gasteiger partial charge in [-0.1, -0.05) is 0 Å². The van der Waals surface area contributed by atoms with Gasteiger partial charge in [-0.15, -0.1) is 11.3 Å². The van der Waals surface area contributed by atoms with Crippen molar-refractivity contribution in [2.45, 2.75) is 11.4 Å². The lowest BCUT2D eigenvalue weighted by atomic mass is 10.2. The lowest BCUT2D eigenvalue weighted by molar-refractivity contribution is -0.384. The van der Waals surface area contributed by atoms with Gasteiger partial charge < -0.3 is 5.32 Å². The van der Waals surface area contributed by atoms with Crippen LogP contribution in [0, 0.1) is 10.1 Å². The van der Waals surface area contributed by atoms with Crippen molar-refractivity contribution in [2.24, 2.45) is 0 Å². The largest absolute Gasteiger partial charge is 0.374 e. The highest BCUT2D eigenvalue weighted by atomic mass is 32.2. The number of benzene rings is 1. The number of nitro benzene ring substituents is 1. The molecular formula is C11H11N3O4S2. The van der Waals surface area contributed by atoms with Crippen molar-refractivity contribution in [3.05, 3.63) is 44.9 Å². The number of nitro groups is 1. The minimum atomic E-state index is -3.48. The minimum absolute atomic E-state index is 0.0802. The van der Waals surface area contributed by atoms with Gasteiger partial charge >= 0.3 is 0 Å². The number of anilines is 1. The van der Waals surface area contributed by atoms with Gasteiger partial charge in [0.1, 0.15) is 5.69 Å². The molecular weight excluding hydrogens is 302 g/mol. The van der Waals surface area contributed by atoms with Crippen LogP contribution in [0.2, 0.25) is 0 Å². The predicted molar refractivity (Wildman–Crippen MR) is 75.6 cm³/mol. The summed E-state index contributed by atoms with van der Waals surface area (Å²) in [6, 6.07) is 3.78. The van der Waals surface area contributed by atoms with Crippen LogP contribution in [0.15, 0.2) is 34.0 Å². The van der Waals surface area contributed by atoms with Crippen LogP contribution < -0.4 is 5.32 Å². The number of nitrogens with one attached hydrogen (secondary N) is 1. The second kappa shape index (κ2) is 5.55. The van der Waals surface area contributed by atoms with Gasteiger partial charge in [-0.2, -0.15) is 0 Å². The van der Waals surface area contributed by atoms with Crippen molar-refractivity contribution < 1.29 is 13.3 Å². The Morgan fingerprint density at radius 3 is 2.75 bits per heavy atom. The fraction of sp³-hybridized carbons (Fsp3) is 0.182.